The maximum atomic E-state index is 12.3. The number of halogens is 1. The lowest BCUT2D eigenvalue weighted by atomic mass is 10.1. The van der Waals surface area contributed by atoms with Crippen LogP contribution < -0.4 is 4.74 Å². The first kappa shape index (κ1) is 15.1. The number of piperidine rings is 1. The highest BCUT2D eigenvalue weighted by molar-refractivity contribution is 6.30. The van der Waals surface area contributed by atoms with Gasteiger partial charge in [0.15, 0.2) is 6.10 Å². The van der Waals surface area contributed by atoms with Crippen molar-refractivity contribution in [2.75, 3.05) is 13.1 Å². The van der Waals surface area contributed by atoms with Crippen molar-refractivity contribution >= 4 is 17.5 Å². The van der Waals surface area contributed by atoms with Crippen molar-refractivity contribution in [3.05, 3.63) is 28.8 Å². The van der Waals surface area contributed by atoms with Crippen molar-refractivity contribution in [2.45, 2.75) is 38.9 Å². The maximum absolute atomic E-state index is 12.3. The molecule has 5 heteroatoms. The Morgan fingerprint density at radius 2 is 2.30 bits per heavy atom. The van der Waals surface area contributed by atoms with Gasteiger partial charge in [-0.2, -0.15) is 0 Å². The third-order valence-electron chi connectivity index (χ3n) is 3.50. The average molecular weight is 298 g/mol. The Kier molecular flexibility index (Phi) is 4.89. The number of carbonyl (C=O) groups is 1. The number of nitrogens with zero attached hydrogens (tertiary/aromatic N) is 1. The van der Waals surface area contributed by atoms with Gasteiger partial charge in [-0.25, -0.2) is 0 Å². The van der Waals surface area contributed by atoms with E-state index in [0.717, 1.165) is 18.4 Å². The van der Waals surface area contributed by atoms with Crippen LogP contribution in [0.3, 0.4) is 0 Å². The molecule has 1 aliphatic heterocycles. The van der Waals surface area contributed by atoms with E-state index in [-0.39, 0.29) is 5.91 Å². The lowest BCUT2D eigenvalue weighted by Gasteiger charge is -2.32. The molecule has 1 saturated heterocycles. The second kappa shape index (κ2) is 6.46. The zero-order valence-electron chi connectivity index (χ0n) is 11.8. The number of ether oxygens (including phenoxy) is 1. The van der Waals surface area contributed by atoms with E-state index in [1.807, 2.05) is 6.92 Å². The Morgan fingerprint density at radius 1 is 1.55 bits per heavy atom. The lowest BCUT2D eigenvalue weighted by molar-refractivity contribution is -0.141. The van der Waals surface area contributed by atoms with Crippen LogP contribution in [0, 0.1) is 6.92 Å². The van der Waals surface area contributed by atoms with Crippen molar-refractivity contribution in [1.82, 2.24) is 4.90 Å². The zero-order valence-corrected chi connectivity index (χ0v) is 12.6. The highest BCUT2D eigenvalue weighted by atomic mass is 35.5. The summed E-state index contributed by atoms with van der Waals surface area (Å²) < 4.78 is 5.72. The monoisotopic (exact) mass is 297 g/mol. The van der Waals surface area contributed by atoms with Crippen molar-refractivity contribution in [3.63, 3.8) is 0 Å². The Balaban J connectivity index is 2.00. The SMILES string of the molecule is Cc1cc(Cl)ccc1OC(C)C(=O)N1CCCC(O)C1. The van der Waals surface area contributed by atoms with E-state index in [0.29, 0.717) is 23.9 Å². The number of aliphatic hydroxyl groups excluding tert-OH is 1. The van der Waals surface area contributed by atoms with Gasteiger partial charge >= 0.3 is 0 Å². The fraction of sp³-hybridized carbons (Fsp3) is 0.533. The predicted octanol–water partition coefficient (Wildman–Crippen LogP) is 2.40. The second-order valence-electron chi connectivity index (χ2n) is 5.25. The zero-order chi connectivity index (χ0) is 14.7. The Labute approximate surface area is 124 Å². The number of benzene rings is 1. The van der Waals surface area contributed by atoms with Gasteiger partial charge in [-0.1, -0.05) is 11.6 Å². The number of rotatable bonds is 3. The van der Waals surface area contributed by atoms with Crippen LogP contribution in [-0.4, -0.2) is 41.2 Å². The highest BCUT2D eigenvalue weighted by Gasteiger charge is 2.27. The largest absolute Gasteiger partial charge is 0.481 e. The number of β-amino-alcohol motifs (C(OH)–C–C–N with tert-alkyl or cyclic N) is 1. The third kappa shape index (κ3) is 3.64. The molecule has 0 radical (unpaired) electrons. The minimum atomic E-state index is -0.569. The molecule has 2 unspecified atom stereocenters. The minimum Gasteiger partial charge on any atom is -0.481 e. The first-order valence-corrected chi connectivity index (χ1v) is 7.25. The van der Waals surface area contributed by atoms with Gasteiger partial charge in [0.2, 0.25) is 0 Å². The summed E-state index contributed by atoms with van der Waals surface area (Å²) in [6, 6.07) is 5.32. The molecule has 1 amide bonds. The Morgan fingerprint density at radius 3 is 2.95 bits per heavy atom. The van der Waals surface area contributed by atoms with Crippen molar-refractivity contribution < 1.29 is 14.6 Å². The number of aryl methyl sites for hydroxylation is 1. The van der Waals surface area contributed by atoms with Crippen LogP contribution in [0.25, 0.3) is 0 Å². The second-order valence-corrected chi connectivity index (χ2v) is 5.69. The molecule has 1 N–H and O–H groups in total. The molecule has 1 aromatic rings. The van der Waals surface area contributed by atoms with Crippen LogP contribution in [0.2, 0.25) is 5.02 Å². The molecule has 1 aromatic carbocycles. The van der Waals surface area contributed by atoms with E-state index in [1.165, 1.54) is 0 Å². The van der Waals surface area contributed by atoms with E-state index in [4.69, 9.17) is 16.3 Å². The van der Waals surface area contributed by atoms with Gasteiger partial charge in [-0.3, -0.25) is 4.79 Å². The summed E-state index contributed by atoms with van der Waals surface area (Å²) in [6.45, 7) is 4.70. The maximum Gasteiger partial charge on any atom is 0.263 e. The summed E-state index contributed by atoms with van der Waals surface area (Å²) in [6.07, 6.45) is 0.604. The number of aliphatic hydroxyl groups is 1. The molecule has 20 heavy (non-hydrogen) atoms. The van der Waals surface area contributed by atoms with E-state index in [1.54, 1.807) is 30.0 Å². The Bertz CT molecular complexity index is 492. The van der Waals surface area contributed by atoms with Crippen molar-refractivity contribution in [2.24, 2.45) is 0 Å². The van der Waals surface area contributed by atoms with Crippen LogP contribution in [0.4, 0.5) is 0 Å². The molecule has 1 heterocycles. The van der Waals surface area contributed by atoms with E-state index in [2.05, 4.69) is 0 Å². The van der Waals surface area contributed by atoms with E-state index >= 15 is 0 Å². The molecule has 0 saturated carbocycles. The normalized spacial score (nSPS) is 20.6. The van der Waals surface area contributed by atoms with Gasteiger partial charge in [0, 0.05) is 18.1 Å². The molecular formula is C15H20ClNO3. The molecule has 0 aromatic heterocycles. The minimum absolute atomic E-state index is 0.0851. The summed E-state index contributed by atoms with van der Waals surface area (Å²) in [5.74, 6) is 0.575. The van der Waals surface area contributed by atoms with Crippen LogP contribution in [0.15, 0.2) is 18.2 Å². The summed E-state index contributed by atoms with van der Waals surface area (Å²) in [5, 5.41) is 10.3. The predicted molar refractivity (Wildman–Crippen MR) is 78.1 cm³/mol. The topological polar surface area (TPSA) is 49.8 Å². The molecule has 0 aliphatic carbocycles. The first-order valence-electron chi connectivity index (χ1n) is 6.87. The van der Waals surface area contributed by atoms with Crippen LogP contribution in [-0.2, 0) is 4.79 Å². The molecule has 4 nitrogen and oxygen atoms in total. The molecule has 0 spiro atoms. The van der Waals surface area contributed by atoms with Crippen molar-refractivity contribution in [1.29, 1.82) is 0 Å². The Hall–Kier alpha value is -1.26. The molecule has 1 aliphatic rings. The number of carbonyl (C=O) groups excluding carboxylic acids is 1. The fourth-order valence-corrected chi connectivity index (χ4v) is 2.62. The number of likely N-dealkylation sites (tertiary alicyclic amines) is 1. The van der Waals surface area contributed by atoms with E-state index < -0.39 is 12.2 Å². The van der Waals surface area contributed by atoms with Gasteiger partial charge in [-0.05, 0) is 50.5 Å². The molecule has 1 fully saturated rings. The standard InChI is InChI=1S/C15H20ClNO3/c1-10-8-12(16)5-6-14(10)20-11(2)15(19)17-7-3-4-13(18)9-17/h5-6,8,11,13,18H,3-4,7,9H2,1-2H3. The highest BCUT2D eigenvalue weighted by Crippen LogP contribution is 2.23. The summed E-state index contributed by atoms with van der Waals surface area (Å²) in [5.41, 5.74) is 0.899. The number of hydrogen-bond donors (Lipinski definition) is 1. The fourth-order valence-electron chi connectivity index (χ4n) is 2.40. The molecule has 110 valence electrons. The van der Waals surface area contributed by atoms with Gasteiger partial charge in [0.1, 0.15) is 5.75 Å². The number of amides is 1. The van der Waals surface area contributed by atoms with Gasteiger partial charge in [0.25, 0.3) is 5.91 Å². The summed E-state index contributed by atoms with van der Waals surface area (Å²) in [7, 11) is 0. The first-order chi connectivity index (χ1) is 9.47. The van der Waals surface area contributed by atoms with Gasteiger partial charge in [-0.15, -0.1) is 0 Å². The average Bonchev–Trinajstić information content (AvgIpc) is 2.41. The molecular weight excluding hydrogens is 278 g/mol. The van der Waals surface area contributed by atoms with Crippen LogP contribution in [0.1, 0.15) is 25.3 Å². The van der Waals surface area contributed by atoms with Gasteiger partial charge in [0.05, 0.1) is 6.10 Å². The van der Waals surface area contributed by atoms with Gasteiger partial charge < -0.3 is 14.7 Å². The van der Waals surface area contributed by atoms with Crippen LogP contribution in [0.5, 0.6) is 5.75 Å². The molecule has 2 rings (SSSR count). The van der Waals surface area contributed by atoms with E-state index in [9.17, 15) is 9.90 Å². The van der Waals surface area contributed by atoms with Crippen molar-refractivity contribution in [3.8, 4) is 5.75 Å². The third-order valence-corrected chi connectivity index (χ3v) is 3.73. The quantitative estimate of drug-likeness (QED) is 0.932. The summed E-state index contributed by atoms with van der Waals surface area (Å²) >= 11 is 5.90. The molecule has 0 bridgehead atoms. The number of hydrogen-bond acceptors (Lipinski definition) is 3. The summed E-state index contributed by atoms with van der Waals surface area (Å²) in [4.78, 5) is 14.0. The molecule has 2 atom stereocenters. The lowest BCUT2D eigenvalue weighted by Crippen LogP contribution is -2.47. The smallest absolute Gasteiger partial charge is 0.263 e. The van der Waals surface area contributed by atoms with Crippen LogP contribution >= 0.6 is 11.6 Å².